The van der Waals surface area contributed by atoms with E-state index in [1.165, 1.54) is 0 Å². The van der Waals surface area contributed by atoms with Crippen molar-refractivity contribution in [1.29, 1.82) is 0 Å². The first-order valence-corrected chi connectivity index (χ1v) is 14.8. The molecule has 16 heavy (non-hydrogen) atoms. The second kappa shape index (κ2) is 5.78. The van der Waals surface area contributed by atoms with Crippen molar-refractivity contribution in [2.75, 3.05) is 0 Å². The molecular formula is C14H30GeSi. The summed E-state index contributed by atoms with van der Waals surface area (Å²) in [5.74, 6) is 0. The van der Waals surface area contributed by atoms with E-state index in [4.69, 9.17) is 0 Å². The van der Waals surface area contributed by atoms with Gasteiger partial charge in [-0.15, -0.1) is 0 Å². The number of hydrogen-bond acceptors (Lipinski definition) is 0. The van der Waals surface area contributed by atoms with E-state index in [1.54, 1.807) is 0 Å². The molecule has 0 aromatic carbocycles. The Balaban J connectivity index is 5.45. The first kappa shape index (κ1) is 16.3. The second-order valence-corrected chi connectivity index (χ2v) is 23.4. The average Bonchev–Trinajstić information content (AvgIpc) is 2.00. The van der Waals surface area contributed by atoms with Crippen molar-refractivity contribution < 1.29 is 0 Å². The van der Waals surface area contributed by atoms with E-state index in [-0.39, 0.29) is 0 Å². The maximum absolute atomic E-state index is 3.87. The second-order valence-electron chi connectivity index (χ2n) is 6.90. The Morgan fingerprint density at radius 2 is 1.06 bits per heavy atom. The van der Waals surface area contributed by atoms with E-state index < -0.39 is 21.3 Å². The predicted molar refractivity (Wildman–Crippen MR) is 82.2 cm³/mol. The third kappa shape index (κ3) is 3.96. The molecule has 0 radical (unpaired) electrons. The molecule has 0 aliphatic rings. The molecule has 0 aliphatic carbocycles. The van der Waals surface area contributed by atoms with Crippen molar-refractivity contribution in [2.45, 2.75) is 75.4 Å². The van der Waals surface area contributed by atoms with Gasteiger partial charge in [0, 0.05) is 0 Å². The van der Waals surface area contributed by atoms with Crippen LogP contribution in [-0.2, 0) is 0 Å². The van der Waals surface area contributed by atoms with Gasteiger partial charge in [-0.2, -0.15) is 0 Å². The molecule has 0 aromatic rings. The minimum atomic E-state index is -2.04. The first-order valence-electron chi connectivity index (χ1n) is 6.58. The summed E-state index contributed by atoms with van der Waals surface area (Å²) in [6.07, 6.45) is 0. The summed E-state index contributed by atoms with van der Waals surface area (Å²) in [6.45, 7) is 21.5. The fourth-order valence-electron chi connectivity index (χ4n) is 2.73. The molecule has 0 heterocycles. The fourth-order valence-corrected chi connectivity index (χ4v) is 17.3. The summed E-state index contributed by atoms with van der Waals surface area (Å²) >= 11 is -2.04. The van der Waals surface area contributed by atoms with E-state index in [1.807, 2.05) is 0 Å². The Kier molecular flexibility index (Phi) is 5.89. The fraction of sp³-hybridized carbons (Fsp3) is 0.857. The van der Waals surface area contributed by atoms with E-state index in [0.29, 0.717) is 0 Å². The minimum absolute atomic E-state index is 0.809. The van der Waals surface area contributed by atoms with Crippen LogP contribution in [0.4, 0.5) is 0 Å². The molecule has 0 spiro atoms. The Hall–Kier alpha value is 0.320. The van der Waals surface area contributed by atoms with E-state index in [0.717, 1.165) is 14.3 Å². The topological polar surface area (TPSA) is 0 Å². The standard InChI is InChI=1S/C14H30GeSi/c1-12(2)15(13(3)4,14(5)6)10-11-16(7,8)9/h12-14H,1-9H3. The van der Waals surface area contributed by atoms with Crippen molar-refractivity contribution >= 4 is 21.3 Å². The molecule has 0 nitrogen and oxygen atoms in total. The van der Waals surface area contributed by atoms with Crippen LogP contribution in [0, 0.1) is 10.3 Å². The summed E-state index contributed by atoms with van der Waals surface area (Å²) < 4.78 is 6.30. The van der Waals surface area contributed by atoms with Crippen molar-refractivity contribution in [2.24, 2.45) is 0 Å². The molecule has 0 unspecified atom stereocenters. The zero-order valence-electron chi connectivity index (χ0n) is 12.7. The van der Waals surface area contributed by atoms with Gasteiger partial charge in [0.2, 0.25) is 0 Å². The summed E-state index contributed by atoms with van der Waals surface area (Å²) in [6, 6.07) is 0. The monoisotopic (exact) mass is 300 g/mol. The van der Waals surface area contributed by atoms with Crippen molar-refractivity contribution in [3.8, 4) is 10.3 Å². The Morgan fingerprint density at radius 3 is 1.25 bits per heavy atom. The van der Waals surface area contributed by atoms with Gasteiger partial charge < -0.3 is 0 Å². The third-order valence-electron chi connectivity index (χ3n) is 3.52. The Labute approximate surface area is 107 Å². The molecule has 0 atom stereocenters. The first-order chi connectivity index (χ1) is 7.04. The SMILES string of the molecule is C[CH](C)[Ge]([C]#C[Si](C)(C)C)([CH](C)C)[CH](C)C. The van der Waals surface area contributed by atoms with Crippen LogP contribution in [0.5, 0.6) is 0 Å². The summed E-state index contributed by atoms with van der Waals surface area (Å²) in [5, 5.41) is 0. The van der Waals surface area contributed by atoms with Crippen LogP contribution in [0.3, 0.4) is 0 Å². The van der Waals surface area contributed by atoms with Gasteiger partial charge in [-0.25, -0.2) is 0 Å². The molecule has 0 fully saturated rings. The Morgan fingerprint density at radius 1 is 0.750 bits per heavy atom. The van der Waals surface area contributed by atoms with Crippen LogP contribution in [0.1, 0.15) is 41.5 Å². The van der Waals surface area contributed by atoms with E-state index in [9.17, 15) is 0 Å². The molecular weight excluding hydrogens is 269 g/mol. The molecule has 0 aromatic heterocycles. The van der Waals surface area contributed by atoms with Gasteiger partial charge in [0.1, 0.15) is 0 Å². The van der Waals surface area contributed by atoms with Crippen LogP contribution >= 0.6 is 0 Å². The van der Waals surface area contributed by atoms with Crippen molar-refractivity contribution in [3.05, 3.63) is 0 Å². The van der Waals surface area contributed by atoms with Crippen LogP contribution in [0.15, 0.2) is 0 Å². The van der Waals surface area contributed by atoms with E-state index >= 15 is 0 Å². The van der Waals surface area contributed by atoms with E-state index in [2.05, 4.69) is 71.5 Å². The molecule has 94 valence electrons. The number of hydrogen-bond donors (Lipinski definition) is 0. The van der Waals surface area contributed by atoms with Gasteiger partial charge in [-0.3, -0.25) is 0 Å². The average molecular weight is 299 g/mol. The molecule has 0 N–H and O–H groups in total. The molecule has 0 saturated heterocycles. The van der Waals surface area contributed by atoms with Gasteiger partial charge in [0.15, 0.2) is 0 Å². The van der Waals surface area contributed by atoms with Gasteiger partial charge in [-0.1, -0.05) is 0 Å². The molecule has 0 aliphatic heterocycles. The van der Waals surface area contributed by atoms with Crippen LogP contribution in [-0.4, -0.2) is 21.3 Å². The summed E-state index contributed by atoms with van der Waals surface area (Å²) in [5.41, 5.74) is 3.68. The zero-order valence-corrected chi connectivity index (χ0v) is 15.8. The van der Waals surface area contributed by atoms with Crippen molar-refractivity contribution in [1.82, 2.24) is 0 Å². The maximum atomic E-state index is 3.87. The molecule has 2 heteroatoms. The Bertz CT molecular complexity index is 252. The normalized spacial score (nSPS) is 13.2. The molecule has 0 amide bonds. The van der Waals surface area contributed by atoms with Crippen molar-refractivity contribution in [3.63, 3.8) is 0 Å². The number of rotatable bonds is 3. The summed E-state index contributed by atoms with van der Waals surface area (Å²) in [7, 11) is -1.22. The molecule has 0 saturated carbocycles. The van der Waals surface area contributed by atoms with Gasteiger partial charge >= 0.3 is 107 Å². The predicted octanol–water partition coefficient (Wildman–Crippen LogP) is 5.09. The van der Waals surface area contributed by atoms with Crippen LogP contribution < -0.4 is 0 Å². The summed E-state index contributed by atoms with van der Waals surface area (Å²) in [4.78, 5) is 0. The van der Waals surface area contributed by atoms with Gasteiger partial charge in [0.05, 0.1) is 0 Å². The third-order valence-corrected chi connectivity index (χ3v) is 18.1. The van der Waals surface area contributed by atoms with Crippen LogP contribution in [0.2, 0.25) is 33.9 Å². The van der Waals surface area contributed by atoms with Gasteiger partial charge in [0.25, 0.3) is 0 Å². The van der Waals surface area contributed by atoms with Crippen LogP contribution in [0.25, 0.3) is 0 Å². The zero-order chi connectivity index (χ0) is 13.1. The quantitative estimate of drug-likeness (QED) is 0.503. The molecule has 0 rings (SSSR count). The van der Waals surface area contributed by atoms with Gasteiger partial charge in [-0.05, 0) is 0 Å². The molecule has 0 bridgehead atoms.